The summed E-state index contributed by atoms with van der Waals surface area (Å²) in [5.41, 5.74) is 5.19. The van der Waals surface area contributed by atoms with Crippen molar-refractivity contribution in [2.75, 3.05) is 12.0 Å². The minimum atomic E-state index is -0.700. The van der Waals surface area contributed by atoms with Gasteiger partial charge in [0.05, 0.1) is 12.8 Å². The largest absolute Gasteiger partial charge is 0.497 e. The first-order chi connectivity index (χ1) is 20.9. The Kier molecular flexibility index (Phi) is 6.42. The molecule has 43 heavy (non-hydrogen) atoms. The van der Waals surface area contributed by atoms with Crippen LogP contribution in [0.3, 0.4) is 0 Å². The fourth-order valence-electron chi connectivity index (χ4n) is 6.12. The van der Waals surface area contributed by atoms with Crippen LogP contribution in [0.2, 0.25) is 0 Å². The van der Waals surface area contributed by atoms with E-state index in [4.69, 9.17) is 4.74 Å². The molecule has 7 rings (SSSR count). The molecule has 0 radical (unpaired) electrons. The van der Waals surface area contributed by atoms with E-state index in [-0.39, 0.29) is 24.2 Å². The molecule has 0 bridgehead atoms. The van der Waals surface area contributed by atoms with Crippen molar-refractivity contribution in [3.05, 3.63) is 131 Å². The second-order valence-electron chi connectivity index (χ2n) is 10.7. The van der Waals surface area contributed by atoms with Crippen molar-refractivity contribution in [2.45, 2.75) is 25.0 Å². The average molecular weight is 575 g/mol. The first-order valence-electron chi connectivity index (χ1n) is 14.0. The van der Waals surface area contributed by atoms with Gasteiger partial charge >= 0.3 is 6.03 Å². The molecule has 5 aromatic rings. The molecule has 214 valence electrons. The molecule has 9 heteroatoms. The Hall–Kier alpha value is -5.44. The van der Waals surface area contributed by atoms with Gasteiger partial charge in [0, 0.05) is 35.1 Å². The molecule has 0 unspecified atom stereocenters. The Morgan fingerprint density at radius 3 is 2.51 bits per heavy atom. The van der Waals surface area contributed by atoms with Gasteiger partial charge in [-0.3, -0.25) is 14.5 Å². The Labute approximate surface area is 246 Å². The fourth-order valence-corrected chi connectivity index (χ4v) is 6.12. The predicted molar refractivity (Wildman–Crippen MR) is 159 cm³/mol. The summed E-state index contributed by atoms with van der Waals surface area (Å²) in [4.78, 5) is 47.2. The number of aromatic nitrogens is 1. The van der Waals surface area contributed by atoms with E-state index in [1.807, 2.05) is 48.5 Å². The third-order valence-corrected chi connectivity index (χ3v) is 8.21. The molecule has 1 aromatic heterocycles. The summed E-state index contributed by atoms with van der Waals surface area (Å²) in [6.45, 7) is 0.237. The normalized spacial score (nSPS) is 17.6. The quantitative estimate of drug-likeness (QED) is 0.253. The molecule has 2 aliphatic rings. The first kappa shape index (κ1) is 26.5. The number of urea groups is 1. The number of imide groups is 1. The number of hydrogen-bond donors (Lipinski definition) is 2. The van der Waals surface area contributed by atoms with Crippen molar-refractivity contribution >= 4 is 34.4 Å². The van der Waals surface area contributed by atoms with Crippen LogP contribution in [0.4, 0.5) is 14.9 Å². The monoisotopic (exact) mass is 574 g/mol. The minimum Gasteiger partial charge on any atom is -0.497 e. The van der Waals surface area contributed by atoms with E-state index in [1.54, 1.807) is 48.4 Å². The van der Waals surface area contributed by atoms with Gasteiger partial charge in [0.1, 0.15) is 23.7 Å². The Balaban J connectivity index is 1.20. The van der Waals surface area contributed by atoms with Crippen LogP contribution in [0.25, 0.3) is 10.9 Å². The number of benzene rings is 4. The molecule has 2 aliphatic heterocycles. The molecular weight excluding hydrogens is 547 g/mol. The number of aromatic amines is 1. The zero-order valence-corrected chi connectivity index (χ0v) is 23.2. The number of rotatable bonds is 6. The highest BCUT2D eigenvalue weighted by Crippen LogP contribution is 2.45. The average Bonchev–Trinajstić information content (AvgIpc) is 3.53. The predicted octanol–water partition coefficient (Wildman–Crippen LogP) is 5.73. The smallest absolute Gasteiger partial charge is 0.332 e. The fraction of sp³-hybridized carbons (Fsp3) is 0.147. The summed E-state index contributed by atoms with van der Waals surface area (Å²) in [5, 5.41) is 3.83. The lowest BCUT2D eigenvalue weighted by Crippen LogP contribution is -2.44. The number of para-hydroxylation sites is 1. The summed E-state index contributed by atoms with van der Waals surface area (Å²) >= 11 is 0. The Morgan fingerprint density at radius 1 is 0.977 bits per heavy atom. The Bertz CT molecular complexity index is 1880. The maximum absolute atomic E-state index is 14.1. The van der Waals surface area contributed by atoms with Gasteiger partial charge in [-0.05, 0) is 71.3 Å². The van der Waals surface area contributed by atoms with Crippen LogP contribution in [0.1, 0.15) is 38.8 Å². The lowest BCUT2D eigenvalue weighted by atomic mass is 9.89. The summed E-state index contributed by atoms with van der Waals surface area (Å²) in [7, 11) is 1.59. The Morgan fingerprint density at radius 2 is 1.74 bits per heavy atom. The van der Waals surface area contributed by atoms with Gasteiger partial charge in [0.15, 0.2) is 0 Å². The molecule has 0 spiro atoms. The summed E-state index contributed by atoms with van der Waals surface area (Å²) in [6.07, 6.45) is 0.380. The van der Waals surface area contributed by atoms with Gasteiger partial charge in [-0.15, -0.1) is 0 Å². The number of carbonyl (C=O) groups excluding carboxylic acids is 3. The molecule has 1 saturated heterocycles. The zero-order valence-electron chi connectivity index (χ0n) is 23.2. The third kappa shape index (κ3) is 4.50. The number of nitrogens with zero attached hydrogens (tertiary/aromatic N) is 2. The number of hydrogen-bond acceptors (Lipinski definition) is 4. The minimum absolute atomic E-state index is 0.237. The highest BCUT2D eigenvalue weighted by molar-refractivity contribution is 6.22. The van der Waals surface area contributed by atoms with E-state index in [0.29, 0.717) is 23.4 Å². The van der Waals surface area contributed by atoms with E-state index in [9.17, 15) is 18.8 Å². The molecule has 2 atom stereocenters. The molecule has 4 aromatic carbocycles. The van der Waals surface area contributed by atoms with Crippen molar-refractivity contribution in [3.63, 3.8) is 0 Å². The van der Waals surface area contributed by atoms with Crippen LogP contribution in [0.5, 0.6) is 5.75 Å². The first-order valence-corrected chi connectivity index (χ1v) is 14.0. The molecule has 0 saturated carbocycles. The van der Waals surface area contributed by atoms with Gasteiger partial charge in [-0.1, -0.05) is 42.5 Å². The van der Waals surface area contributed by atoms with Crippen LogP contribution in [-0.2, 0) is 17.8 Å². The van der Waals surface area contributed by atoms with Gasteiger partial charge in [0.25, 0.3) is 11.8 Å². The van der Waals surface area contributed by atoms with Crippen molar-refractivity contribution in [1.82, 2.24) is 15.2 Å². The third-order valence-electron chi connectivity index (χ3n) is 8.21. The highest BCUT2D eigenvalue weighted by atomic mass is 19.1. The van der Waals surface area contributed by atoms with Crippen LogP contribution >= 0.6 is 0 Å². The van der Waals surface area contributed by atoms with Gasteiger partial charge in [-0.2, -0.15) is 0 Å². The van der Waals surface area contributed by atoms with Crippen molar-refractivity contribution in [2.24, 2.45) is 0 Å². The lowest BCUT2D eigenvalue weighted by Gasteiger charge is -2.36. The number of H-pyrrole nitrogens is 1. The summed E-state index contributed by atoms with van der Waals surface area (Å²) < 4.78 is 18.7. The van der Waals surface area contributed by atoms with E-state index < -0.39 is 18.1 Å². The topological polar surface area (TPSA) is 94.7 Å². The number of fused-ring (bicyclic) bond motifs is 4. The second-order valence-corrected chi connectivity index (χ2v) is 10.7. The highest BCUT2D eigenvalue weighted by Gasteiger charge is 2.53. The SMILES string of the molecule is COc1cccc([C@@H]2c3[nH]c4ccccc4c3C[C@H]3C(=O)N(c4ccc(C(=O)NCc5ccc(F)cc5)cc4)C(=O)N23)c1. The molecule has 0 aliphatic carbocycles. The number of halogens is 1. The number of amides is 4. The number of nitrogens with one attached hydrogen (secondary N) is 2. The van der Waals surface area contributed by atoms with E-state index in [1.165, 1.54) is 17.0 Å². The maximum Gasteiger partial charge on any atom is 0.332 e. The zero-order chi connectivity index (χ0) is 29.7. The number of ether oxygens (including phenoxy) is 1. The summed E-state index contributed by atoms with van der Waals surface area (Å²) in [6, 6.07) is 26.1. The van der Waals surface area contributed by atoms with Crippen molar-refractivity contribution in [1.29, 1.82) is 0 Å². The molecule has 4 amide bonds. The van der Waals surface area contributed by atoms with E-state index in [0.717, 1.165) is 33.3 Å². The maximum atomic E-state index is 14.1. The van der Waals surface area contributed by atoms with Crippen LogP contribution in [0.15, 0.2) is 97.1 Å². The molecular formula is C34H27FN4O4. The molecule has 8 nitrogen and oxygen atoms in total. The number of carbonyl (C=O) groups is 3. The second kappa shape index (κ2) is 10.4. The van der Waals surface area contributed by atoms with Crippen LogP contribution in [-0.4, -0.2) is 40.9 Å². The number of anilines is 1. The van der Waals surface area contributed by atoms with Gasteiger partial charge in [0.2, 0.25) is 0 Å². The molecule has 2 N–H and O–H groups in total. The number of methoxy groups -OCH3 is 1. The molecule has 3 heterocycles. The summed E-state index contributed by atoms with van der Waals surface area (Å²) in [5.74, 6) is -0.331. The lowest BCUT2D eigenvalue weighted by molar-refractivity contribution is -0.120. The standard InChI is InChI=1S/C34H27FN4O4/c1-43-25-6-4-5-22(17-25)31-30-27(26-7-2-3-8-28(26)37-30)18-29-33(41)38(34(42)39(29)31)24-15-11-21(12-16-24)32(40)36-19-20-9-13-23(35)14-10-20/h2-17,29,31,37H,18-19H2,1H3,(H,36,40)/t29-,31+/m0/s1. The van der Waals surface area contributed by atoms with Gasteiger partial charge in [-0.25, -0.2) is 14.1 Å². The van der Waals surface area contributed by atoms with Crippen molar-refractivity contribution in [3.8, 4) is 5.75 Å². The van der Waals surface area contributed by atoms with Crippen LogP contribution < -0.4 is 15.0 Å². The van der Waals surface area contributed by atoms with Crippen molar-refractivity contribution < 1.29 is 23.5 Å². The molecule has 1 fully saturated rings. The van der Waals surface area contributed by atoms with Crippen LogP contribution in [0, 0.1) is 5.82 Å². The van der Waals surface area contributed by atoms with E-state index in [2.05, 4.69) is 10.3 Å². The van der Waals surface area contributed by atoms with Gasteiger partial charge < -0.3 is 15.0 Å². The van der Waals surface area contributed by atoms with E-state index >= 15 is 0 Å².